The van der Waals surface area contributed by atoms with E-state index in [-0.39, 0.29) is 5.69 Å². The molecule has 1 heterocycles. The molecule has 0 saturated carbocycles. The highest BCUT2D eigenvalue weighted by molar-refractivity contribution is 5.99. The molecular formula is C15H11F9NO2+. The van der Waals surface area contributed by atoms with Gasteiger partial charge in [0.25, 0.3) is 0 Å². The van der Waals surface area contributed by atoms with Crippen molar-refractivity contribution >= 4 is 11.6 Å². The Hall–Kier alpha value is -2.08. The summed E-state index contributed by atoms with van der Waals surface area (Å²) >= 11 is 0. The number of para-hydroxylation sites is 1. The van der Waals surface area contributed by atoms with Gasteiger partial charge in [-0.2, -0.15) is 39.6 Å². The fourth-order valence-corrected chi connectivity index (χ4v) is 2.56. The van der Waals surface area contributed by atoms with Gasteiger partial charge in [-0.1, -0.05) is 18.2 Å². The van der Waals surface area contributed by atoms with Crippen molar-refractivity contribution in [2.75, 3.05) is 13.2 Å². The van der Waals surface area contributed by atoms with E-state index < -0.39 is 47.7 Å². The number of rotatable bonds is 5. The standard InChI is InChI=1S/C15H11F9NO2/c16-9-12(17,18)27-13(14(19,20)21,15(22,23)24)11(26)25(7-4-8-25)10-5-2-1-3-6-10/h1-7H,8-9H2/q+1. The molecule has 12 heteroatoms. The predicted molar refractivity (Wildman–Crippen MR) is 74.1 cm³/mol. The molecule has 0 aromatic heterocycles. The van der Waals surface area contributed by atoms with Crippen molar-refractivity contribution in [2.45, 2.75) is 24.1 Å². The monoisotopic (exact) mass is 408 g/mol. The van der Waals surface area contributed by atoms with Gasteiger partial charge in [-0.25, -0.2) is 9.18 Å². The van der Waals surface area contributed by atoms with Gasteiger partial charge in [0.05, 0.1) is 0 Å². The highest BCUT2D eigenvalue weighted by Crippen LogP contribution is 2.52. The van der Waals surface area contributed by atoms with Crippen LogP contribution in [-0.4, -0.2) is 43.2 Å². The molecular weight excluding hydrogens is 397 g/mol. The molecule has 1 aliphatic rings. The number of nitrogens with zero attached hydrogens (tertiary/aromatic N) is 1. The van der Waals surface area contributed by atoms with Gasteiger partial charge in [0.15, 0.2) is 6.67 Å². The maximum atomic E-state index is 13.4. The van der Waals surface area contributed by atoms with E-state index in [0.29, 0.717) is 6.20 Å². The van der Waals surface area contributed by atoms with Gasteiger partial charge in [0.2, 0.25) is 0 Å². The van der Waals surface area contributed by atoms with Crippen LogP contribution in [0, 0.1) is 0 Å². The molecule has 1 unspecified atom stereocenters. The number of hydrogen-bond acceptors (Lipinski definition) is 2. The highest BCUT2D eigenvalue weighted by atomic mass is 19.4. The summed E-state index contributed by atoms with van der Waals surface area (Å²) in [6, 6.07) is 5.93. The summed E-state index contributed by atoms with van der Waals surface area (Å²) in [5.74, 6) is -2.77. The van der Waals surface area contributed by atoms with E-state index in [9.17, 15) is 44.3 Å². The topological polar surface area (TPSA) is 26.3 Å². The van der Waals surface area contributed by atoms with Crippen molar-refractivity contribution in [1.29, 1.82) is 0 Å². The predicted octanol–water partition coefficient (Wildman–Crippen LogP) is 4.49. The Bertz CT molecular complexity index is 713. The van der Waals surface area contributed by atoms with Gasteiger partial charge in [0.1, 0.15) is 18.4 Å². The van der Waals surface area contributed by atoms with Crippen LogP contribution in [0.3, 0.4) is 0 Å². The average Bonchev–Trinajstić information content (AvgIpc) is 2.50. The summed E-state index contributed by atoms with van der Waals surface area (Å²) in [7, 11) is 0. The normalized spacial score (nSPS) is 21.1. The third-order valence-electron chi connectivity index (χ3n) is 3.89. The van der Waals surface area contributed by atoms with E-state index in [2.05, 4.69) is 4.74 Å². The van der Waals surface area contributed by atoms with Crippen LogP contribution in [0.25, 0.3) is 0 Å². The summed E-state index contributed by atoms with van der Waals surface area (Å²) < 4.78 is 121. The van der Waals surface area contributed by atoms with Crippen molar-refractivity contribution in [3.8, 4) is 0 Å². The number of quaternary nitrogens is 1. The lowest BCUT2D eigenvalue weighted by Gasteiger charge is -2.44. The van der Waals surface area contributed by atoms with Gasteiger partial charge in [-0.05, 0) is 0 Å². The number of benzene rings is 1. The van der Waals surface area contributed by atoms with E-state index in [4.69, 9.17) is 0 Å². The van der Waals surface area contributed by atoms with Crippen molar-refractivity contribution < 1.29 is 49.0 Å². The number of amides is 1. The lowest BCUT2D eigenvalue weighted by molar-refractivity contribution is -0.424. The molecule has 3 nitrogen and oxygen atoms in total. The third-order valence-corrected chi connectivity index (χ3v) is 3.89. The van der Waals surface area contributed by atoms with Gasteiger partial charge < -0.3 is 0 Å². The molecule has 0 saturated heterocycles. The second-order valence-electron chi connectivity index (χ2n) is 5.63. The van der Waals surface area contributed by atoms with Crippen molar-refractivity contribution in [3.63, 3.8) is 0 Å². The first-order chi connectivity index (χ1) is 12.2. The molecule has 27 heavy (non-hydrogen) atoms. The minimum Gasteiger partial charge on any atom is -0.281 e. The SMILES string of the molecule is O=C(C(OC(F)(F)CF)(C(F)(F)F)C(F)(F)F)[N+]1(c2ccccc2)C=CC1. The maximum Gasteiger partial charge on any atom is 0.440 e. The minimum atomic E-state index is -6.65. The van der Waals surface area contributed by atoms with Gasteiger partial charge in [-0.3, -0.25) is 4.74 Å². The van der Waals surface area contributed by atoms with Crippen LogP contribution in [0.15, 0.2) is 42.6 Å². The van der Waals surface area contributed by atoms with Crippen molar-refractivity contribution in [2.24, 2.45) is 0 Å². The van der Waals surface area contributed by atoms with Gasteiger partial charge >= 0.3 is 30.0 Å². The smallest absolute Gasteiger partial charge is 0.281 e. The van der Waals surface area contributed by atoms with E-state index >= 15 is 0 Å². The zero-order valence-electron chi connectivity index (χ0n) is 13.1. The molecule has 1 atom stereocenters. The number of carbonyl (C=O) groups excluding carboxylic acids is 1. The molecule has 1 aromatic rings. The molecule has 0 radical (unpaired) electrons. The number of halogens is 9. The molecule has 0 bridgehead atoms. The summed E-state index contributed by atoms with van der Waals surface area (Å²) in [6.45, 7) is -3.66. The molecule has 0 spiro atoms. The molecule has 1 amide bonds. The largest absolute Gasteiger partial charge is 0.440 e. The first-order valence-corrected chi connectivity index (χ1v) is 7.17. The van der Waals surface area contributed by atoms with Gasteiger partial charge in [0, 0.05) is 18.2 Å². The summed E-state index contributed by atoms with van der Waals surface area (Å²) in [5.41, 5.74) is -6.29. The third kappa shape index (κ3) is 3.31. The fraction of sp³-hybridized carbons (Fsp3) is 0.400. The van der Waals surface area contributed by atoms with E-state index in [1.165, 1.54) is 18.2 Å². The Morgan fingerprint density at radius 2 is 1.44 bits per heavy atom. The zero-order chi connectivity index (χ0) is 20.7. The number of ether oxygens (including phenoxy) is 1. The van der Waals surface area contributed by atoms with Crippen molar-refractivity contribution in [1.82, 2.24) is 4.48 Å². The van der Waals surface area contributed by atoms with Crippen LogP contribution in [0.4, 0.5) is 45.2 Å². The molecule has 150 valence electrons. The van der Waals surface area contributed by atoms with Crippen LogP contribution >= 0.6 is 0 Å². The molecule has 0 N–H and O–H groups in total. The van der Waals surface area contributed by atoms with Crippen LogP contribution in [0.5, 0.6) is 0 Å². The zero-order valence-corrected chi connectivity index (χ0v) is 13.1. The first-order valence-electron chi connectivity index (χ1n) is 7.17. The Balaban J connectivity index is 2.73. The molecule has 2 rings (SSSR count). The van der Waals surface area contributed by atoms with Crippen LogP contribution in [0.1, 0.15) is 0 Å². The highest BCUT2D eigenvalue weighted by Gasteiger charge is 2.84. The molecule has 0 aliphatic carbocycles. The molecule has 1 aromatic carbocycles. The Morgan fingerprint density at radius 1 is 0.963 bits per heavy atom. The van der Waals surface area contributed by atoms with E-state index in [1.54, 1.807) is 0 Å². The Morgan fingerprint density at radius 3 is 1.78 bits per heavy atom. The number of alkyl halides is 9. The van der Waals surface area contributed by atoms with Crippen molar-refractivity contribution in [3.05, 3.63) is 42.6 Å². The second kappa shape index (κ2) is 6.51. The van der Waals surface area contributed by atoms with Crippen LogP contribution < -0.4 is 4.48 Å². The average molecular weight is 408 g/mol. The Labute approximate surface area is 146 Å². The lowest BCUT2D eigenvalue weighted by atomic mass is 9.95. The lowest BCUT2D eigenvalue weighted by Crippen LogP contribution is -2.75. The fourth-order valence-electron chi connectivity index (χ4n) is 2.56. The maximum absolute atomic E-state index is 13.4. The van der Waals surface area contributed by atoms with Gasteiger partial charge in [-0.15, -0.1) is 0 Å². The van der Waals surface area contributed by atoms with Crippen LogP contribution in [-0.2, 0) is 9.53 Å². The molecule has 1 aliphatic heterocycles. The summed E-state index contributed by atoms with van der Waals surface area (Å²) in [4.78, 5) is 12.6. The Kier molecular flexibility index (Phi) is 5.12. The summed E-state index contributed by atoms with van der Waals surface area (Å²) in [5, 5.41) is 0. The second-order valence-corrected chi connectivity index (χ2v) is 5.63. The van der Waals surface area contributed by atoms with E-state index in [0.717, 1.165) is 18.2 Å². The van der Waals surface area contributed by atoms with E-state index in [1.807, 2.05) is 0 Å². The molecule has 0 fully saturated rings. The summed E-state index contributed by atoms with van der Waals surface area (Å²) in [6.07, 6.45) is -17.0. The minimum absolute atomic E-state index is 0.338. The first kappa shape index (κ1) is 21.2. The quantitative estimate of drug-likeness (QED) is 0.530. The number of carbonyl (C=O) groups is 1. The van der Waals surface area contributed by atoms with Crippen LogP contribution in [0.2, 0.25) is 0 Å². The number of hydrogen-bond donors (Lipinski definition) is 0.